The van der Waals surface area contributed by atoms with Gasteiger partial charge >= 0.3 is 11.9 Å². The normalized spacial score (nSPS) is 12.6. The Hall–Kier alpha value is -4.31. The zero-order valence-corrected chi connectivity index (χ0v) is 18.6. The second-order valence-electron chi connectivity index (χ2n) is 7.27. The maximum atomic E-state index is 13.0. The second kappa shape index (κ2) is 9.38. The first-order chi connectivity index (χ1) is 17.0. The highest BCUT2D eigenvalue weighted by molar-refractivity contribution is 6.30. The van der Waals surface area contributed by atoms with Crippen LogP contribution in [0.15, 0.2) is 41.5 Å². The molecule has 0 saturated carbocycles. The predicted molar refractivity (Wildman–Crippen MR) is 115 cm³/mol. The van der Waals surface area contributed by atoms with Crippen molar-refractivity contribution in [2.45, 2.75) is 25.4 Å². The molecule has 0 aliphatic rings. The topological polar surface area (TPSA) is 180 Å². The van der Waals surface area contributed by atoms with Crippen LogP contribution in [0.25, 0.3) is 17.2 Å². The number of aliphatic hydroxyl groups excluding tert-OH is 1. The average molecular weight is 526 g/mol. The monoisotopic (exact) mass is 525 g/mol. The van der Waals surface area contributed by atoms with E-state index in [1.165, 1.54) is 36.7 Å². The lowest BCUT2D eigenvalue weighted by atomic mass is 10.2. The number of nitrogens with two attached hydrogens (primary N) is 1. The maximum absolute atomic E-state index is 13.0. The second-order valence-corrected chi connectivity index (χ2v) is 7.71. The first kappa shape index (κ1) is 24.8. The van der Waals surface area contributed by atoms with Crippen LogP contribution >= 0.6 is 11.6 Å². The number of aliphatic hydroxyl groups is 1. The summed E-state index contributed by atoms with van der Waals surface area (Å²) in [5.74, 6) is -2.78. The van der Waals surface area contributed by atoms with Gasteiger partial charge in [0, 0.05) is 23.0 Å². The summed E-state index contributed by atoms with van der Waals surface area (Å²) in [6.07, 6.45) is -5.45. The number of alkyl halides is 3. The molecule has 3 aromatic heterocycles. The summed E-state index contributed by atoms with van der Waals surface area (Å²) in [6.45, 7) is -1.65. The molecule has 0 fully saturated rings. The van der Waals surface area contributed by atoms with E-state index in [0.29, 0.717) is 9.59 Å². The van der Waals surface area contributed by atoms with Crippen LogP contribution < -0.4 is 11.4 Å². The Bertz CT molecular complexity index is 1480. The molecule has 13 nitrogen and oxygen atoms in total. The van der Waals surface area contributed by atoms with Crippen molar-refractivity contribution < 1.29 is 28.2 Å². The van der Waals surface area contributed by atoms with Crippen molar-refractivity contribution in [3.63, 3.8) is 0 Å². The van der Waals surface area contributed by atoms with Crippen molar-refractivity contribution in [2.75, 3.05) is 0 Å². The molecule has 0 spiro atoms. The number of amides is 1. The Balaban J connectivity index is 1.78. The van der Waals surface area contributed by atoms with Crippen molar-refractivity contribution in [3.8, 4) is 23.1 Å². The third-order valence-electron chi connectivity index (χ3n) is 4.78. The Labute approximate surface area is 203 Å². The lowest BCUT2D eigenvalue weighted by Gasteiger charge is -2.15. The molecule has 17 heteroatoms. The van der Waals surface area contributed by atoms with E-state index in [2.05, 4.69) is 25.1 Å². The summed E-state index contributed by atoms with van der Waals surface area (Å²) < 4.78 is 41.2. The minimum atomic E-state index is -4.99. The molecule has 3 heterocycles. The molecule has 1 aromatic carbocycles. The first-order valence-corrected chi connectivity index (χ1v) is 10.3. The van der Waals surface area contributed by atoms with Crippen molar-refractivity contribution in [2.24, 2.45) is 5.73 Å². The van der Waals surface area contributed by atoms with Crippen LogP contribution in [0, 0.1) is 0 Å². The number of benzene rings is 1. The van der Waals surface area contributed by atoms with Gasteiger partial charge in [0.2, 0.25) is 11.6 Å². The molecule has 4 aromatic rings. The van der Waals surface area contributed by atoms with Gasteiger partial charge in [0.05, 0.1) is 6.54 Å². The van der Waals surface area contributed by atoms with Crippen LogP contribution in [0.1, 0.15) is 16.4 Å². The largest absolute Gasteiger partial charge is 0.491 e. The van der Waals surface area contributed by atoms with Gasteiger partial charge in [-0.1, -0.05) is 11.6 Å². The van der Waals surface area contributed by atoms with Gasteiger partial charge in [-0.25, -0.2) is 24.4 Å². The molecule has 0 aliphatic heterocycles. The standard InChI is InChI=1S/C19H15ClF3N9O4/c20-10-3-1-9(2-4-10)14-29-31(18(36)30(14)7-11(33)19(21,22)23)8-12-27-15(13(24)34)32(28-12)16-17(35)26-6-5-25-16/h1-6,11,33H,7-8H2,(H2,24,34)(H,26,35)/t11-/m0/s1. The number of nitrogens with zero attached hydrogens (tertiary/aromatic N) is 8. The Morgan fingerprint density at radius 1 is 1.14 bits per heavy atom. The third kappa shape index (κ3) is 4.89. The van der Waals surface area contributed by atoms with E-state index in [0.717, 1.165) is 9.36 Å². The van der Waals surface area contributed by atoms with Crippen molar-refractivity contribution >= 4 is 17.5 Å². The quantitative estimate of drug-likeness (QED) is 0.310. The third-order valence-corrected chi connectivity index (χ3v) is 5.03. The van der Waals surface area contributed by atoms with Crippen molar-refractivity contribution in [1.82, 2.24) is 39.1 Å². The van der Waals surface area contributed by atoms with Crippen LogP contribution in [0.2, 0.25) is 5.02 Å². The van der Waals surface area contributed by atoms with Crippen LogP contribution in [0.5, 0.6) is 5.88 Å². The Morgan fingerprint density at radius 2 is 1.81 bits per heavy atom. The minimum absolute atomic E-state index is 0.193. The number of carbonyl (C=O) groups excluding carboxylic acids is 1. The summed E-state index contributed by atoms with van der Waals surface area (Å²) in [6, 6.07) is 5.75. The van der Waals surface area contributed by atoms with Crippen LogP contribution in [0.3, 0.4) is 0 Å². The fourth-order valence-electron chi connectivity index (χ4n) is 3.13. The molecule has 0 aliphatic carbocycles. The number of aromatic hydroxyl groups is 1. The molecule has 0 saturated heterocycles. The van der Waals surface area contributed by atoms with E-state index < -0.39 is 48.7 Å². The van der Waals surface area contributed by atoms with E-state index in [4.69, 9.17) is 17.3 Å². The summed E-state index contributed by atoms with van der Waals surface area (Å²) in [5.41, 5.74) is 4.54. The highest BCUT2D eigenvalue weighted by Gasteiger charge is 2.39. The zero-order valence-electron chi connectivity index (χ0n) is 17.8. The van der Waals surface area contributed by atoms with E-state index in [-0.39, 0.29) is 23.0 Å². The van der Waals surface area contributed by atoms with Gasteiger partial charge in [-0.15, -0.1) is 10.2 Å². The molecule has 4 rings (SSSR count). The smallest absolute Gasteiger partial charge is 0.416 e. The summed E-state index contributed by atoms with van der Waals surface area (Å²) in [5, 5.41) is 27.9. The van der Waals surface area contributed by atoms with Crippen molar-refractivity contribution in [1.29, 1.82) is 0 Å². The van der Waals surface area contributed by atoms with E-state index in [1.54, 1.807) is 0 Å². The SMILES string of the molecule is NC(=O)c1nc(Cn2nc(-c3ccc(Cl)cc3)n(C[C@H](O)C(F)(F)F)c2=O)nn1-c1nccnc1O. The van der Waals surface area contributed by atoms with Gasteiger partial charge in [-0.2, -0.15) is 17.9 Å². The summed E-state index contributed by atoms with van der Waals surface area (Å²) >= 11 is 5.86. The average Bonchev–Trinajstić information content (AvgIpc) is 3.36. The number of hydrogen-bond donors (Lipinski definition) is 3. The number of primary amides is 1. The van der Waals surface area contributed by atoms with Crippen LogP contribution in [0.4, 0.5) is 13.2 Å². The van der Waals surface area contributed by atoms with Gasteiger partial charge in [0.25, 0.3) is 11.8 Å². The maximum Gasteiger partial charge on any atom is 0.416 e. The molecule has 188 valence electrons. The molecule has 0 radical (unpaired) electrons. The molecule has 0 bridgehead atoms. The molecule has 1 amide bonds. The van der Waals surface area contributed by atoms with Crippen molar-refractivity contribution in [3.05, 3.63) is 63.8 Å². The van der Waals surface area contributed by atoms with Crippen LogP contribution in [-0.2, 0) is 13.1 Å². The number of hydrogen-bond acceptors (Lipinski definition) is 9. The lowest BCUT2D eigenvalue weighted by Crippen LogP contribution is -2.37. The minimum Gasteiger partial charge on any atom is -0.491 e. The Morgan fingerprint density at radius 3 is 2.42 bits per heavy atom. The van der Waals surface area contributed by atoms with Gasteiger partial charge in [0.1, 0.15) is 6.54 Å². The summed E-state index contributed by atoms with van der Waals surface area (Å²) in [7, 11) is 0. The fraction of sp³-hybridized carbons (Fsp3) is 0.211. The number of aromatic nitrogens is 8. The van der Waals surface area contributed by atoms with E-state index in [9.17, 15) is 33.0 Å². The van der Waals surface area contributed by atoms with Gasteiger partial charge in [-0.3, -0.25) is 9.36 Å². The fourth-order valence-corrected chi connectivity index (χ4v) is 3.26. The van der Waals surface area contributed by atoms with E-state index in [1.807, 2.05) is 0 Å². The predicted octanol–water partition coefficient (Wildman–Crippen LogP) is 0.512. The zero-order chi connectivity index (χ0) is 26.2. The number of halogens is 4. The molecule has 36 heavy (non-hydrogen) atoms. The van der Waals surface area contributed by atoms with Gasteiger partial charge in [0.15, 0.2) is 17.8 Å². The van der Waals surface area contributed by atoms with Gasteiger partial charge < -0.3 is 15.9 Å². The number of rotatable bonds is 7. The highest BCUT2D eigenvalue weighted by Crippen LogP contribution is 2.24. The molecule has 1 atom stereocenters. The van der Waals surface area contributed by atoms with Crippen LogP contribution in [-0.4, -0.2) is 67.5 Å². The summed E-state index contributed by atoms with van der Waals surface area (Å²) in [4.78, 5) is 36.3. The van der Waals surface area contributed by atoms with E-state index >= 15 is 0 Å². The highest BCUT2D eigenvalue weighted by atomic mass is 35.5. The Kier molecular flexibility index (Phi) is 6.47. The lowest BCUT2D eigenvalue weighted by molar-refractivity contribution is -0.207. The first-order valence-electron chi connectivity index (χ1n) is 9.90. The number of carbonyl (C=O) groups is 1. The molecule has 4 N–H and O–H groups in total. The van der Waals surface area contributed by atoms with Gasteiger partial charge in [-0.05, 0) is 24.3 Å². The molecular formula is C19H15ClF3N9O4. The molecule has 0 unspecified atom stereocenters. The molecular weight excluding hydrogens is 511 g/mol.